The maximum Gasteiger partial charge on any atom is 0.573 e. The lowest BCUT2D eigenvalue weighted by molar-refractivity contribution is -0.274. The number of halogens is 3. The van der Waals surface area contributed by atoms with Gasteiger partial charge in [-0.3, -0.25) is 9.59 Å². The Bertz CT molecular complexity index is 594. The number of alkyl halides is 3. The molecule has 126 valence electrons. The maximum atomic E-state index is 12.3. The second-order valence-electron chi connectivity index (χ2n) is 5.70. The first kappa shape index (κ1) is 17.1. The first-order valence-corrected chi connectivity index (χ1v) is 6.93. The second-order valence-corrected chi connectivity index (χ2v) is 5.70. The summed E-state index contributed by atoms with van der Waals surface area (Å²) in [6.45, 7) is -0.376. The first-order valence-electron chi connectivity index (χ1n) is 6.93. The zero-order valence-corrected chi connectivity index (χ0v) is 12.4. The number of benzene rings is 1. The molecule has 2 rings (SSSR count). The zero-order valence-electron chi connectivity index (χ0n) is 12.4. The van der Waals surface area contributed by atoms with Crippen LogP contribution < -0.4 is 4.74 Å². The van der Waals surface area contributed by atoms with Gasteiger partial charge in [0.2, 0.25) is 5.91 Å². The second kappa shape index (κ2) is 6.10. The smallest absolute Gasteiger partial charge is 0.480 e. The number of carboxylic acid groups (broad SMARTS) is 1. The Labute approximate surface area is 130 Å². The maximum absolute atomic E-state index is 12.3. The van der Waals surface area contributed by atoms with E-state index in [9.17, 15) is 22.8 Å². The number of hydrogen-bond acceptors (Lipinski definition) is 3. The summed E-state index contributed by atoms with van der Waals surface area (Å²) in [5, 5.41) is 8.73. The number of amides is 1. The lowest BCUT2D eigenvalue weighted by Gasteiger charge is -2.22. The van der Waals surface area contributed by atoms with Crippen LogP contribution in [0.3, 0.4) is 0 Å². The Balaban J connectivity index is 2.01. The summed E-state index contributed by atoms with van der Waals surface area (Å²) in [6, 6.07) is 5.35. The van der Waals surface area contributed by atoms with Gasteiger partial charge in [0.1, 0.15) is 12.3 Å². The van der Waals surface area contributed by atoms with Crippen molar-refractivity contribution in [1.82, 2.24) is 4.90 Å². The minimum Gasteiger partial charge on any atom is -0.480 e. The number of carboxylic acids is 1. The molecular formula is C15H16F3NO4. The van der Waals surface area contributed by atoms with Gasteiger partial charge in [0.15, 0.2) is 0 Å². The van der Waals surface area contributed by atoms with Crippen LogP contribution in [0.1, 0.15) is 18.4 Å². The van der Waals surface area contributed by atoms with Crippen LogP contribution in [0, 0.1) is 5.41 Å². The fraction of sp³-hybridized carbons (Fsp3) is 0.467. The van der Waals surface area contributed by atoms with E-state index in [4.69, 9.17) is 5.11 Å². The highest BCUT2D eigenvalue weighted by molar-refractivity contribution is 5.88. The van der Waals surface area contributed by atoms with Gasteiger partial charge in [-0.05, 0) is 37.0 Å². The highest BCUT2D eigenvalue weighted by Gasteiger charge is 2.51. The Morgan fingerprint density at radius 1 is 1.26 bits per heavy atom. The van der Waals surface area contributed by atoms with Crippen LogP contribution >= 0.6 is 0 Å². The molecule has 0 unspecified atom stereocenters. The Morgan fingerprint density at radius 2 is 1.83 bits per heavy atom. The lowest BCUT2D eigenvalue weighted by Crippen LogP contribution is -2.38. The molecule has 0 spiro atoms. The third kappa shape index (κ3) is 4.61. The van der Waals surface area contributed by atoms with E-state index in [1.54, 1.807) is 0 Å². The summed E-state index contributed by atoms with van der Waals surface area (Å²) >= 11 is 0. The molecule has 0 aromatic heterocycles. The first-order chi connectivity index (χ1) is 10.6. The number of hydrogen-bond donors (Lipinski definition) is 1. The van der Waals surface area contributed by atoms with E-state index in [-0.39, 0.29) is 18.2 Å². The topological polar surface area (TPSA) is 66.8 Å². The molecule has 1 fully saturated rings. The van der Waals surface area contributed by atoms with Gasteiger partial charge < -0.3 is 14.7 Å². The van der Waals surface area contributed by atoms with Crippen LogP contribution in [-0.2, 0) is 16.0 Å². The zero-order chi connectivity index (χ0) is 17.3. The van der Waals surface area contributed by atoms with Crippen molar-refractivity contribution in [2.24, 2.45) is 5.41 Å². The molecule has 8 heteroatoms. The molecule has 1 N–H and O–H groups in total. The quantitative estimate of drug-likeness (QED) is 0.869. The number of aliphatic carboxylic acids is 1. The molecule has 0 atom stereocenters. The van der Waals surface area contributed by atoms with Crippen molar-refractivity contribution in [3.8, 4) is 5.75 Å². The highest BCUT2D eigenvalue weighted by atomic mass is 19.4. The summed E-state index contributed by atoms with van der Waals surface area (Å²) < 4.78 is 40.1. The SMILES string of the molecule is CN(CC(=O)O)C(=O)C1(Cc2ccc(OC(F)(F)F)cc2)CC1. The lowest BCUT2D eigenvalue weighted by atomic mass is 9.95. The van der Waals surface area contributed by atoms with Crippen molar-refractivity contribution in [3.63, 3.8) is 0 Å². The third-order valence-corrected chi connectivity index (χ3v) is 3.73. The Hall–Kier alpha value is -2.25. The van der Waals surface area contributed by atoms with E-state index in [0.717, 1.165) is 4.90 Å². The summed E-state index contributed by atoms with van der Waals surface area (Å²) in [6.07, 6.45) is -3.11. The summed E-state index contributed by atoms with van der Waals surface area (Å²) in [7, 11) is 1.43. The summed E-state index contributed by atoms with van der Waals surface area (Å²) in [5.41, 5.74) is 0.0606. The van der Waals surface area contributed by atoms with Crippen LogP contribution in [0.15, 0.2) is 24.3 Å². The number of likely N-dealkylation sites (N-methyl/N-ethyl adjacent to an activating group) is 1. The molecule has 0 radical (unpaired) electrons. The van der Waals surface area contributed by atoms with Crippen LogP contribution in [0.5, 0.6) is 5.75 Å². The van der Waals surface area contributed by atoms with Crippen molar-refractivity contribution in [1.29, 1.82) is 0 Å². The fourth-order valence-corrected chi connectivity index (χ4v) is 2.50. The molecule has 1 saturated carbocycles. The van der Waals surface area contributed by atoms with Gasteiger partial charge in [0.05, 0.1) is 5.41 Å². The minimum absolute atomic E-state index is 0.254. The Morgan fingerprint density at radius 3 is 2.26 bits per heavy atom. The van der Waals surface area contributed by atoms with E-state index in [1.807, 2.05) is 0 Å². The van der Waals surface area contributed by atoms with Gasteiger partial charge in [-0.1, -0.05) is 12.1 Å². The predicted molar refractivity (Wildman–Crippen MR) is 73.8 cm³/mol. The van der Waals surface area contributed by atoms with E-state index in [0.29, 0.717) is 24.8 Å². The number of carbonyl (C=O) groups is 2. The van der Waals surface area contributed by atoms with Gasteiger partial charge in [0, 0.05) is 7.05 Å². The molecule has 0 aliphatic heterocycles. The standard InChI is InChI=1S/C15H16F3NO4/c1-19(9-12(20)21)13(22)14(6-7-14)8-10-2-4-11(5-3-10)23-15(16,17)18/h2-5H,6-9H2,1H3,(H,20,21). The van der Waals surface area contributed by atoms with Gasteiger partial charge in [-0.15, -0.1) is 13.2 Å². The molecule has 1 aromatic carbocycles. The largest absolute Gasteiger partial charge is 0.573 e. The van der Waals surface area contributed by atoms with Crippen LogP contribution in [-0.4, -0.2) is 41.8 Å². The van der Waals surface area contributed by atoms with E-state index in [1.165, 1.54) is 31.3 Å². The molecule has 0 saturated heterocycles. The molecular weight excluding hydrogens is 315 g/mol. The average molecular weight is 331 g/mol. The Kier molecular flexibility index (Phi) is 4.53. The van der Waals surface area contributed by atoms with E-state index in [2.05, 4.69) is 4.74 Å². The molecule has 1 aliphatic carbocycles. The van der Waals surface area contributed by atoms with Crippen LogP contribution in [0.2, 0.25) is 0 Å². The molecule has 0 bridgehead atoms. The number of carbonyl (C=O) groups excluding carboxylic acids is 1. The van der Waals surface area contributed by atoms with Crippen molar-refractivity contribution in [2.45, 2.75) is 25.6 Å². The van der Waals surface area contributed by atoms with Crippen molar-refractivity contribution in [3.05, 3.63) is 29.8 Å². The van der Waals surface area contributed by atoms with Gasteiger partial charge >= 0.3 is 12.3 Å². The van der Waals surface area contributed by atoms with Gasteiger partial charge in [0.25, 0.3) is 0 Å². The van der Waals surface area contributed by atoms with Crippen molar-refractivity contribution < 1.29 is 32.6 Å². The van der Waals surface area contributed by atoms with Crippen molar-refractivity contribution >= 4 is 11.9 Å². The average Bonchev–Trinajstić information content (AvgIpc) is 3.18. The summed E-state index contributed by atoms with van der Waals surface area (Å²) in [4.78, 5) is 24.1. The van der Waals surface area contributed by atoms with E-state index >= 15 is 0 Å². The van der Waals surface area contributed by atoms with Gasteiger partial charge in [-0.2, -0.15) is 0 Å². The van der Waals surface area contributed by atoms with Gasteiger partial charge in [-0.25, -0.2) is 0 Å². The molecule has 1 aliphatic rings. The fourth-order valence-electron chi connectivity index (χ4n) is 2.50. The number of nitrogens with zero attached hydrogens (tertiary/aromatic N) is 1. The van der Waals surface area contributed by atoms with Crippen LogP contribution in [0.4, 0.5) is 13.2 Å². The number of rotatable bonds is 6. The third-order valence-electron chi connectivity index (χ3n) is 3.73. The predicted octanol–water partition coefficient (Wildman–Crippen LogP) is 2.45. The minimum atomic E-state index is -4.74. The molecule has 0 heterocycles. The molecule has 1 amide bonds. The normalized spacial score (nSPS) is 15.8. The van der Waals surface area contributed by atoms with Crippen molar-refractivity contribution in [2.75, 3.05) is 13.6 Å². The molecule has 5 nitrogen and oxygen atoms in total. The van der Waals surface area contributed by atoms with Crippen LogP contribution in [0.25, 0.3) is 0 Å². The van der Waals surface area contributed by atoms with E-state index < -0.39 is 17.7 Å². The monoisotopic (exact) mass is 331 g/mol. The molecule has 23 heavy (non-hydrogen) atoms. The summed E-state index contributed by atoms with van der Waals surface area (Å²) in [5.74, 6) is -1.67. The molecule has 1 aromatic rings. The number of ether oxygens (including phenoxy) is 1. The highest BCUT2D eigenvalue weighted by Crippen LogP contribution is 2.49.